The van der Waals surface area contributed by atoms with Gasteiger partial charge in [0.2, 0.25) is 10.0 Å². The minimum atomic E-state index is -3.42. The molecule has 1 aromatic carbocycles. The Morgan fingerprint density at radius 2 is 1.90 bits per heavy atom. The molecule has 112 valence electrons. The number of hydrogen-bond donors (Lipinski definition) is 2. The van der Waals surface area contributed by atoms with Crippen LogP contribution in [-0.2, 0) is 10.0 Å². The molecule has 0 amide bonds. The third-order valence-corrected chi connectivity index (χ3v) is 4.97. The molecule has 1 fully saturated rings. The van der Waals surface area contributed by atoms with Crippen LogP contribution in [0.3, 0.4) is 0 Å². The Kier molecular flexibility index (Phi) is 4.67. The summed E-state index contributed by atoms with van der Waals surface area (Å²) in [6, 6.07) is 6.54. The van der Waals surface area contributed by atoms with Crippen molar-refractivity contribution in [2.24, 2.45) is 0 Å². The van der Waals surface area contributed by atoms with E-state index in [1.165, 1.54) is 0 Å². The predicted molar refractivity (Wildman–Crippen MR) is 78.4 cm³/mol. The zero-order chi connectivity index (χ0) is 14.6. The molecule has 0 spiro atoms. The second kappa shape index (κ2) is 6.11. The van der Waals surface area contributed by atoms with Crippen molar-refractivity contribution in [3.8, 4) is 5.75 Å². The van der Waals surface area contributed by atoms with E-state index in [9.17, 15) is 8.42 Å². The SMILES string of the molecule is CCNCCOc1ccc(S(=O)(=O)NC2(C)CC2)cc1. The number of sulfonamides is 1. The van der Waals surface area contributed by atoms with Crippen molar-refractivity contribution in [2.45, 2.75) is 37.1 Å². The summed E-state index contributed by atoms with van der Waals surface area (Å²) in [7, 11) is -3.42. The molecule has 1 aliphatic carbocycles. The summed E-state index contributed by atoms with van der Waals surface area (Å²) >= 11 is 0. The fourth-order valence-corrected chi connectivity index (χ4v) is 3.27. The quantitative estimate of drug-likeness (QED) is 0.714. The van der Waals surface area contributed by atoms with Crippen molar-refractivity contribution < 1.29 is 13.2 Å². The first-order valence-corrected chi connectivity index (χ1v) is 8.41. The lowest BCUT2D eigenvalue weighted by Gasteiger charge is -2.12. The van der Waals surface area contributed by atoms with Crippen molar-refractivity contribution in [1.82, 2.24) is 10.0 Å². The molecule has 1 aliphatic rings. The van der Waals surface area contributed by atoms with Crippen LogP contribution in [0.4, 0.5) is 0 Å². The van der Waals surface area contributed by atoms with Gasteiger partial charge in [0.15, 0.2) is 0 Å². The van der Waals surface area contributed by atoms with Gasteiger partial charge in [0.05, 0.1) is 4.90 Å². The summed E-state index contributed by atoms with van der Waals surface area (Å²) in [6.07, 6.45) is 1.80. The molecule has 5 nitrogen and oxygen atoms in total. The Morgan fingerprint density at radius 3 is 2.45 bits per heavy atom. The zero-order valence-electron chi connectivity index (χ0n) is 12.0. The van der Waals surface area contributed by atoms with Crippen molar-refractivity contribution in [2.75, 3.05) is 19.7 Å². The third kappa shape index (κ3) is 4.19. The largest absolute Gasteiger partial charge is 0.492 e. The van der Waals surface area contributed by atoms with Crippen LogP contribution in [0.15, 0.2) is 29.2 Å². The van der Waals surface area contributed by atoms with Crippen LogP contribution >= 0.6 is 0 Å². The summed E-state index contributed by atoms with van der Waals surface area (Å²) in [5.74, 6) is 0.680. The average molecular weight is 298 g/mol. The number of ether oxygens (including phenoxy) is 1. The van der Waals surface area contributed by atoms with E-state index in [1.807, 2.05) is 13.8 Å². The molecule has 0 atom stereocenters. The number of benzene rings is 1. The first kappa shape index (κ1) is 15.3. The summed E-state index contributed by atoms with van der Waals surface area (Å²) in [5.41, 5.74) is -0.250. The first-order valence-electron chi connectivity index (χ1n) is 6.93. The molecule has 0 bridgehead atoms. The van der Waals surface area contributed by atoms with E-state index < -0.39 is 10.0 Å². The molecule has 0 radical (unpaired) electrons. The highest BCUT2D eigenvalue weighted by atomic mass is 32.2. The van der Waals surface area contributed by atoms with E-state index in [1.54, 1.807) is 24.3 Å². The van der Waals surface area contributed by atoms with Crippen molar-refractivity contribution in [1.29, 1.82) is 0 Å². The minimum absolute atomic E-state index is 0.250. The summed E-state index contributed by atoms with van der Waals surface area (Å²) in [5, 5.41) is 3.16. The summed E-state index contributed by atoms with van der Waals surface area (Å²) in [6.45, 7) is 6.20. The van der Waals surface area contributed by atoms with Gasteiger partial charge in [-0.05, 0) is 50.6 Å². The van der Waals surface area contributed by atoms with Crippen LogP contribution in [0.1, 0.15) is 26.7 Å². The van der Waals surface area contributed by atoms with Gasteiger partial charge in [0.1, 0.15) is 12.4 Å². The number of rotatable bonds is 8. The van der Waals surface area contributed by atoms with Gasteiger partial charge in [0, 0.05) is 12.1 Å². The topological polar surface area (TPSA) is 67.4 Å². The Hall–Kier alpha value is -1.11. The van der Waals surface area contributed by atoms with Gasteiger partial charge in [-0.1, -0.05) is 6.92 Å². The summed E-state index contributed by atoms with van der Waals surface area (Å²) in [4.78, 5) is 0.282. The van der Waals surface area contributed by atoms with E-state index in [-0.39, 0.29) is 10.4 Å². The molecule has 6 heteroatoms. The normalized spacial score (nSPS) is 16.9. The van der Waals surface area contributed by atoms with Crippen molar-refractivity contribution >= 4 is 10.0 Å². The molecule has 1 aromatic rings. The Labute approximate surface area is 120 Å². The molecule has 0 aliphatic heterocycles. The number of likely N-dealkylation sites (N-methyl/N-ethyl adjacent to an activating group) is 1. The zero-order valence-corrected chi connectivity index (χ0v) is 12.8. The van der Waals surface area contributed by atoms with Crippen LogP contribution in [0, 0.1) is 0 Å². The lowest BCUT2D eigenvalue weighted by molar-refractivity contribution is 0.315. The first-order chi connectivity index (χ1) is 9.45. The molecule has 1 saturated carbocycles. The van der Waals surface area contributed by atoms with E-state index in [0.29, 0.717) is 12.4 Å². The fourth-order valence-electron chi connectivity index (χ4n) is 1.81. The highest BCUT2D eigenvalue weighted by Gasteiger charge is 2.41. The van der Waals surface area contributed by atoms with Gasteiger partial charge in [-0.3, -0.25) is 0 Å². The summed E-state index contributed by atoms with van der Waals surface area (Å²) < 4.78 is 32.5. The molecular formula is C14H22N2O3S. The molecule has 0 unspecified atom stereocenters. The smallest absolute Gasteiger partial charge is 0.241 e. The van der Waals surface area contributed by atoms with Gasteiger partial charge >= 0.3 is 0 Å². The monoisotopic (exact) mass is 298 g/mol. The maximum Gasteiger partial charge on any atom is 0.241 e. The predicted octanol–water partition coefficient (Wildman–Crippen LogP) is 1.51. The Balaban J connectivity index is 1.93. The highest BCUT2D eigenvalue weighted by molar-refractivity contribution is 7.89. The molecule has 0 aromatic heterocycles. The van der Waals surface area contributed by atoms with Crippen LogP contribution in [0.2, 0.25) is 0 Å². The lowest BCUT2D eigenvalue weighted by Crippen LogP contribution is -2.34. The Morgan fingerprint density at radius 1 is 1.25 bits per heavy atom. The third-order valence-electron chi connectivity index (χ3n) is 3.31. The van der Waals surface area contributed by atoms with E-state index >= 15 is 0 Å². The van der Waals surface area contributed by atoms with Crippen molar-refractivity contribution in [3.63, 3.8) is 0 Å². The molecule has 0 saturated heterocycles. The van der Waals surface area contributed by atoms with E-state index in [4.69, 9.17) is 4.74 Å². The molecule has 0 heterocycles. The molecule has 2 rings (SSSR count). The molecule has 2 N–H and O–H groups in total. The van der Waals surface area contributed by atoms with Gasteiger partial charge < -0.3 is 10.1 Å². The molecular weight excluding hydrogens is 276 g/mol. The van der Waals surface area contributed by atoms with E-state index in [2.05, 4.69) is 10.0 Å². The van der Waals surface area contributed by atoms with Gasteiger partial charge in [-0.25, -0.2) is 13.1 Å². The average Bonchev–Trinajstić information content (AvgIpc) is 3.12. The maximum absolute atomic E-state index is 12.1. The van der Waals surface area contributed by atoms with Crippen molar-refractivity contribution in [3.05, 3.63) is 24.3 Å². The Bertz CT molecular complexity index is 536. The van der Waals surface area contributed by atoms with Crippen LogP contribution in [0.5, 0.6) is 5.75 Å². The molecule has 20 heavy (non-hydrogen) atoms. The highest BCUT2D eigenvalue weighted by Crippen LogP contribution is 2.36. The minimum Gasteiger partial charge on any atom is -0.492 e. The second-order valence-electron chi connectivity index (χ2n) is 5.34. The van der Waals surface area contributed by atoms with Crippen LogP contribution in [-0.4, -0.2) is 33.7 Å². The van der Waals surface area contributed by atoms with Crippen LogP contribution in [0.25, 0.3) is 0 Å². The fraction of sp³-hybridized carbons (Fsp3) is 0.571. The van der Waals surface area contributed by atoms with E-state index in [0.717, 1.165) is 25.9 Å². The van der Waals surface area contributed by atoms with Crippen LogP contribution < -0.4 is 14.8 Å². The standard InChI is InChI=1S/C14H22N2O3S/c1-3-15-10-11-19-12-4-6-13(7-5-12)20(17,18)16-14(2)8-9-14/h4-7,15-16H,3,8-11H2,1-2H3. The number of nitrogens with one attached hydrogen (secondary N) is 2. The lowest BCUT2D eigenvalue weighted by atomic mass is 10.3. The maximum atomic E-state index is 12.1. The van der Waals surface area contributed by atoms with Gasteiger partial charge in [0.25, 0.3) is 0 Å². The number of hydrogen-bond acceptors (Lipinski definition) is 4. The van der Waals surface area contributed by atoms with Gasteiger partial charge in [-0.15, -0.1) is 0 Å². The van der Waals surface area contributed by atoms with Gasteiger partial charge in [-0.2, -0.15) is 0 Å². The second-order valence-corrected chi connectivity index (χ2v) is 7.02.